The van der Waals surface area contributed by atoms with Crippen LogP contribution in [0, 0.1) is 5.82 Å². The van der Waals surface area contributed by atoms with Crippen LogP contribution in [0.2, 0.25) is 0 Å². The molecule has 0 aromatic heterocycles. The minimum atomic E-state index is -0.303. The van der Waals surface area contributed by atoms with Crippen LogP contribution in [0.3, 0.4) is 0 Å². The highest BCUT2D eigenvalue weighted by Gasteiger charge is 2.18. The average molecular weight is 289 g/mol. The number of para-hydroxylation sites is 1. The Balaban J connectivity index is 2.12. The molecule has 1 unspecified atom stereocenters. The summed E-state index contributed by atoms with van der Waals surface area (Å²) in [4.78, 5) is 0. The zero-order valence-electron chi connectivity index (χ0n) is 8.92. The Labute approximate surface area is 103 Å². The fourth-order valence-corrected chi connectivity index (χ4v) is 2.20. The van der Waals surface area contributed by atoms with E-state index < -0.39 is 0 Å². The zero-order valence-corrected chi connectivity index (χ0v) is 10.5. The molecule has 1 atom stereocenters. The average Bonchev–Trinajstić information content (AvgIpc) is 2.33. The fraction of sp³-hybridized carbons (Fsp3) is 0.500. The molecule has 0 amide bonds. The molecule has 1 aliphatic rings. The van der Waals surface area contributed by atoms with Gasteiger partial charge in [-0.15, -0.1) is 0 Å². The molecule has 0 aliphatic carbocycles. The highest BCUT2D eigenvalue weighted by atomic mass is 79.9. The lowest BCUT2D eigenvalue weighted by Gasteiger charge is -2.24. The van der Waals surface area contributed by atoms with E-state index in [1.807, 2.05) is 6.07 Å². The van der Waals surface area contributed by atoms with Gasteiger partial charge >= 0.3 is 0 Å². The summed E-state index contributed by atoms with van der Waals surface area (Å²) < 4.78 is 24.6. The Morgan fingerprint density at radius 3 is 3.06 bits per heavy atom. The summed E-state index contributed by atoms with van der Waals surface area (Å²) >= 11 is 3.33. The molecule has 1 heterocycles. The van der Waals surface area contributed by atoms with Gasteiger partial charge in [0.15, 0.2) is 11.6 Å². The zero-order chi connectivity index (χ0) is 11.4. The van der Waals surface area contributed by atoms with Crippen molar-refractivity contribution >= 4 is 15.9 Å². The third kappa shape index (κ3) is 2.74. The SMILES string of the molecule is Fc1cccc(CBr)c1OC1CCCOC1. The summed E-state index contributed by atoms with van der Waals surface area (Å²) in [5.74, 6) is 0.0531. The van der Waals surface area contributed by atoms with Crippen molar-refractivity contribution < 1.29 is 13.9 Å². The standard InChI is InChI=1S/C12H14BrFO2/c13-7-9-3-1-5-11(14)12(9)16-10-4-2-6-15-8-10/h1,3,5,10H,2,4,6-8H2. The molecule has 4 heteroatoms. The first kappa shape index (κ1) is 11.9. The summed E-state index contributed by atoms with van der Waals surface area (Å²) in [5, 5.41) is 0.591. The van der Waals surface area contributed by atoms with Gasteiger partial charge in [-0.3, -0.25) is 0 Å². The number of halogens is 2. The fourth-order valence-electron chi connectivity index (χ4n) is 1.76. The van der Waals surface area contributed by atoms with Crippen LogP contribution in [0.5, 0.6) is 5.75 Å². The van der Waals surface area contributed by atoms with Gasteiger partial charge in [-0.1, -0.05) is 28.1 Å². The van der Waals surface area contributed by atoms with Crippen molar-refractivity contribution in [1.82, 2.24) is 0 Å². The van der Waals surface area contributed by atoms with Gasteiger partial charge in [-0.2, -0.15) is 0 Å². The van der Waals surface area contributed by atoms with Gasteiger partial charge < -0.3 is 9.47 Å². The second-order valence-corrected chi connectivity index (χ2v) is 4.38. The van der Waals surface area contributed by atoms with E-state index in [0.717, 1.165) is 25.0 Å². The molecule has 1 aromatic rings. The van der Waals surface area contributed by atoms with Gasteiger partial charge in [-0.05, 0) is 18.9 Å². The molecular formula is C12H14BrFO2. The van der Waals surface area contributed by atoms with Crippen molar-refractivity contribution in [3.63, 3.8) is 0 Å². The normalized spacial score (nSPS) is 20.8. The maximum absolute atomic E-state index is 13.6. The van der Waals surface area contributed by atoms with E-state index in [9.17, 15) is 4.39 Å². The van der Waals surface area contributed by atoms with E-state index in [2.05, 4.69) is 15.9 Å². The quantitative estimate of drug-likeness (QED) is 0.795. The summed E-state index contributed by atoms with van der Waals surface area (Å²) in [5.41, 5.74) is 0.838. The summed E-state index contributed by atoms with van der Waals surface area (Å²) in [6.45, 7) is 1.33. The lowest BCUT2D eigenvalue weighted by molar-refractivity contribution is 0.00556. The molecule has 1 aromatic carbocycles. The Hall–Kier alpha value is -0.610. The maximum atomic E-state index is 13.6. The number of benzene rings is 1. The van der Waals surface area contributed by atoms with E-state index in [4.69, 9.17) is 9.47 Å². The molecular weight excluding hydrogens is 275 g/mol. The summed E-state index contributed by atoms with van der Waals surface area (Å²) in [7, 11) is 0. The molecule has 0 bridgehead atoms. The van der Waals surface area contributed by atoms with Crippen LogP contribution in [-0.2, 0) is 10.1 Å². The Morgan fingerprint density at radius 2 is 2.38 bits per heavy atom. The van der Waals surface area contributed by atoms with Crippen LogP contribution in [-0.4, -0.2) is 19.3 Å². The first-order valence-electron chi connectivity index (χ1n) is 5.39. The molecule has 88 valence electrons. The lowest BCUT2D eigenvalue weighted by atomic mass is 10.1. The van der Waals surface area contributed by atoms with E-state index in [1.165, 1.54) is 6.07 Å². The van der Waals surface area contributed by atoms with E-state index in [0.29, 0.717) is 17.7 Å². The van der Waals surface area contributed by atoms with Crippen molar-refractivity contribution in [2.75, 3.05) is 13.2 Å². The molecule has 2 nitrogen and oxygen atoms in total. The van der Waals surface area contributed by atoms with Crippen molar-refractivity contribution in [1.29, 1.82) is 0 Å². The van der Waals surface area contributed by atoms with Gasteiger partial charge in [0.2, 0.25) is 0 Å². The van der Waals surface area contributed by atoms with Crippen molar-refractivity contribution in [2.45, 2.75) is 24.3 Å². The minimum absolute atomic E-state index is 0.0246. The molecule has 1 fully saturated rings. The van der Waals surface area contributed by atoms with Crippen molar-refractivity contribution in [2.24, 2.45) is 0 Å². The summed E-state index contributed by atoms with van der Waals surface area (Å²) in [6.07, 6.45) is 1.88. The van der Waals surface area contributed by atoms with E-state index in [1.54, 1.807) is 6.07 Å². The number of ether oxygens (including phenoxy) is 2. The van der Waals surface area contributed by atoms with Gasteiger partial charge in [-0.25, -0.2) is 4.39 Å². The van der Waals surface area contributed by atoms with Crippen LogP contribution in [0.15, 0.2) is 18.2 Å². The monoisotopic (exact) mass is 288 g/mol. The van der Waals surface area contributed by atoms with E-state index in [-0.39, 0.29) is 11.9 Å². The van der Waals surface area contributed by atoms with Crippen molar-refractivity contribution in [3.8, 4) is 5.75 Å². The third-order valence-corrected chi connectivity index (χ3v) is 3.20. The van der Waals surface area contributed by atoms with Crippen LogP contribution in [0.1, 0.15) is 18.4 Å². The van der Waals surface area contributed by atoms with Gasteiger partial charge in [0, 0.05) is 17.5 Å². The predicted molar refractivity (Wildman–Crippen MR) is 63.5 cm³/mol. The predicted octanol–water partition coefficient (Wildman–Crippen LogP) is 3.28. The molecule has 16 heavy (non-hydrogen) atoms. The topological polar surface area (TPSA) is 18.5 Å². The first-order chi connectivity index (χ1) is 7.81. The molecule has 0 saturated carbocycles. The Kier molecular flexibility index (Phi) is 4.18. The molecule has 0 radical (unpaired) electrons. The molecule has 0 N–H and O–H groups in total. The van der Waals surface area contributed by atoms with Crippen LogP contribution < -0.4 is 4.74 Å². The number of rotatable bonds is 3. The lowest BCUT2D eigenvalue weighted by Crippen LogP contribution is -2.28. The highest BCUT2D eigenvalue weighted by Crippen LogP contribution is 2.27. The molecule has 1 aliphatic heterocycles. The first-order valence-corrected chi connectivity index (χ1v) is 6.51. The molecule has 1 saturated heterocycles. The largest absolute Gasteiger partial charge is 0.485 e. The second-order valence-electron chi connectivity index (χ2n) is 3.82. The van der Waals surface area contributed by atoms with Crippen molar-refractivity contribution in [3.05, 3.63) is 29.6 Å². The number of alkyl halides is 1. The Bertz CT molecular complexity index is 351. The van der Waals surface area contributed by atoms with Gasteiger partial charge in [0.25, 0.3) is 0 Å². The third-order valence-electron chi connectivity index (χ3n) is 2.60. The van der Waals surface area contributed by atoms with Gasteiger partial charge in [0.05, 0.1) is 6.61 Å². The molecule has 0 spiro atoms. The van der Waals surface area contributed by atoms with E-state index >= 15 is 0 Å². The molecule has 2 rings (SSSR count). The minimum Gasteiger partial charge on any atom is -0.485 e. The van der Waals surface area contributed by atoms with Crippen LogP contribution >= 0.6 is 15.9 Å². The number of hydrogen-bond donors (Lipinski definition) is 0. The highest BCUT2D eigenvalue weighted by molar-refractivity contribution is 9.08. The van der Waals surface area contributed by atoms with Crippen LogP contribution in [0.25, 0.3) is 0 Å². The Morgan fingerprint density at radius 1 is 1.50 bits per heavy atom. The maximum Gasteiger partial charge on any atom is 0.165 e. The smallest absolute Gasteiger partial charge is 0.165 e. The van der Waals surface area contributed by atoms with Crippen LogP contribution in [0.4, 0.5) is 4.39 Å². The number of hydrogen-bond acceptors (Lipinski definition) is 2. The summed E-state index contributed by atoms with van der Waals surface area (Å²) in [6, 6.07) is 4.97. The second kappa shape index (κ2) is 5.64. The van der Waals surface area contributed by atoms with Gasteiger partial charge in [0.1, 0.15) is 6.10 Å².